The Morgan fingerprint density at radius 2 is 1.67 bits per heavy atom. The molecule has 1 aliphatic rings. The minimum atomic E-state index is 0.831. The van der Waals surface area contributed by atoms with Gasteiger partial charge in [0.25, 0.3) is 0 Å². The summed E-state index contributed by atoms with van der Waals surface area (Å²) in [5, 5.41) is 4.21. The smallest absolute Gasteiger partial charge is 0.173 e. The first kappa shape index (κ1) is 16.9. The van der Waals surface area contributed by atoms with Gasteiger partial charge < -0.3 is 10.2 Å². The lowest BCUT2D eigenvalue weighted by molar-refractivity contribution is 0.177. The van der Waals surface area contributed by atoms with E-state index in [0.29, 0.717) is 0 Å². The molecule has 1 fully saturated rings. The number of piperazine rings is 1. The topological polar surface area (TPSA) is 18.5 Å². The average molecular weight is 340 g/mol. The van der Waals surface area contributed by atoms with Crippen LogP contribution in [0.2, 0.25) is 0 Å². The number of rotatable bonds is 3. The molecular formula is C20H25N3S. The molecule has 1 saturated heterocycles. The van der Waals surface area contributed by atoms with Gasteiger partial charge in [-0.05, 0) is 54.9 Å². The van der Waals surface area contributed by atoms with Crippen LogP contribution in [0.3, 0.4) is 0 Å². The summed E-state index contributed by atoms with van der Waals surface area (Å²) in [7, 11) is 0. The normalized spacial score (nSPS) is 15.3. The Labute approximate surface area is 150 Å². The molecule has 2 aromatic carbocycles. The zero-order valence-corrected chi connectivity index (χ0v) is 15.3. The molecule has 3 rings (SSSR count). The van der Waals surface area contributed by atoms with Gasteiger partial charge in [0.15, 0.2) is 5.11 Å². The van der Waals surface area contributed by atoms with Crippen LogP contribution in [0.25, 0.3) is 0 Å². The molecular weight excluding hydrogens is 314 g/mol. The number of hydrogen-bond acceptors (Lipinski definition) is 2. The van der Waals surface area contributed by atoms with Crippen LogP contribution in [0.15, 0.2) is 48.5 Å². The van der Waals surface area contributed by atoms with Gasteiger partial charge in [0.05, 0.1) is 0 Å². The van der Waals surface area contributed by atoms with Crippen LogP contribution in [-0.2, 0) is 6.54 Å². The number of aryl methyl sites for hydroxylation is 2. The molecule has 1 N–H and O–H groups in total. The summed E-state index contributed by atoms with van der Waals surface area (Å²) in [5.41, 5.74) is 5.05. The van der Waals surface area contributed by atoms with Crippen molar-refractivity contribution in [2.45, 2.75) is 20.4 Å². The first-order valence-corrected chi connectivity index (χ1v) is 8.92. The molecule has 2 aromatic rings. The molecule has 24 heavy (non-hydrogen) atoms. The summed E-state index contributed by atoms with van der Waals surface area (Å²) in [4.78, 5) is 4.76. The first-order chi connectivity index (χ1) is 11.6. The lowest BCUT2D eigenvalue weighted by Gasteiger charge is -2.36. The largest absolute Gasteiger partial charge is 0.346 e. The maximum absolute atomic E-state index is 5.60. The quantitative estimate of drug-likeness (QED) is 0.857. The minimum Gasteiger partial charge on any atom is -0.346 e. The Kier molecular flexibility index (Phi) is 5.48. The van der Waals surface area contributed by atoms with Crippen molar-refractivity contribution in [3.63, 3.8) is 0 Å². The van der Waals surface area contributed by atoms with E-state index >= 15 is 0 Å². The summed E-state index contributed by atoms with van der Waals surface area (Å²) < 4.78 is 0. The van der Waals surface area contributed by atoms with E-state index in [-0.39, 0.29) is 0 Å². The van der Waals surface area contributed by atoms with Crippen LogP contribution < -0.4 is 5.32 Å². The molecule has 0 saturated carbocycles. The fraction of sp³-hybridized carbons (Fsp3) is 0.350. The third-order valence-electron chi connectivity index (χ3n) is 4.67. The summed E-state index contributed by atoms with van der Waals surface area (Å²) in [6.07, 6.45) is 0. The van der Waals surface area contributed by atoms with Crippen molar-refractivity contribution in [3.05, 3.63) is 65.2 Å². The van der Waals surface area contributed by atoms with Crippen LogP contribution >= 0.6 is 12.2 Å². The second-order valence-electron chi connectivity index (χ2n) is 6.48. The van der Waals surface area contributed by atoms with Gasteiger partial charge in [-0.25, -0.2) is 0 Å². The number of benzene rings is 2. The van der Waals surface area contributed by atoms with Crippen LogP contribution in [0.5, 0.6) is 0 Å². The van der Waals surface area contributed by atoms with Crippen LogP contribution in [0, 0.1) is 13.8 Å². The lowest BCUT2D eigenvalue weighted by atomic mass is 10.1. The maximum Gasteiger partial charge on any atom is 0.173 e. The number of thiocarbonyl (C=S) groups is 1. The lowest BCUT2D eigenvalue weighted by Crippen LogP contribution is -2.49. The average Bonchev–Trinajstić information content (AvgIpc) is 2.60. The summed E-state index contributed by atoms with van der Waals surface area (Å²) in [6.45, 7) is 9.32. The zero-order chi connectivity index (χ0) is 16.9. The molecule has 126 valence electrons. The molecule has 0 spiro atoms. The zero-order valence-electron chi connectivity index (χ0n) is 14.5. The molecule has 0 amide bonds. The maximum atomic E-state index is 5.60. The van der Waals surface area contributed by atoms with Crippen molar-refractivity contribution < 1.29 is 0 Å². The molecule has 3 nitrogen and oxygen atoms in total. The molecule has 4 heteroatoms. The van der Waals surface area contributed by atoms with E-state index in [0.717, 1.165) is 43.5 Å². The van der Waals surface area contributed by atoms with Gasteiger partial charge in [0.1, 0.15) is 0 Å². The first-order valence-electron chi connectivity index (χ1n) is 8.51. The van der Waals surface area contributed by atoms with E-state index in [2.05, 4.69) is 77.5 Å². The van der Waals surface area contributed by atoms with E-state index in [9.17, 15) is 0 Å². The van der Waals surface area contributed by atoms with Gasteiger partial charge in [-0.2, -0.15) is 0 Å². The van der Waals surface area contributed by atoms with Crippen LogP contribution in [0.4, 0.5) is 5.69 Å². The van der Waals surface area contributed by atoms with E-state index < -0.39 is 0 Å². The van der Waals surface area contributed by atoms with Crippen LogP contribution in [-0.4, -0.2) is 41.1 Å². The number of anilines is 1. The van der Waals surface area contributed by atoms with Crippen molar-refractivity contribution >= 4 is 23.0 Å². The Morgan fingerprint density at radius 3 is 2.33 bits per heavy atom. The highest BCUT2D eigenvalue weighted by Gasteiger charge is 2.19. The second-order valence-corrected chi connectivity index (χ2v) is 6.86. The third-order valence-corrected chi connectivity index (χ3v) is 5.03. The van der Waals surface area contributed by atoms with Crippen molar-refractivity contribution in [2.24, 2.45) is 0 Å². The Balaban J connectivity index is 1.50. The predicted molar refractivity (Wildman–Crippen MR) is 105 cm³/mol. The molecule has 0 aliphatic carbocycles. The van der Waals surface area contributed by atoms with Crippen molar-refractivity contribution in [2.75, 3.05) is 31.5 Å². The van der Waals surface area contributed by atoms with E-state index in [1.807, 2.05) is 0 Å². The standard InChI is InChI=1S/C20H25N3S/c1-16-8-9-19(14-17(16)2)21-20(24)23-12-10-22(11-13-23)15-18-6-4-3-5-7-18/h3-9,14H,10-13,15H2,1-2H3,(H,21,24). The van der Waals surface area contributed by atoms with Crippen molar-refractivity contribution in [3.8, 4) is 0 Å². The van der Waals surface area contributed by atoms with Gasteiger partial charge in [-0.15, -0.1) is 0 Å². The number of nitrogens with one attached hydrogen (secondary N) is 1. The minimum absolute atomic E-state index is 0.831. The second kappa shape index (κ2) is 7.77. The van der Waals surface area contributed by atoms with E-state index in [4.69, 9.17) is 12.2 Å². The van der Waals surface area contributed by atoms with Gasteiger partial charge in [0, 0.05) is 38.4 Å². The number of nitrogens with zero attached hydrogens (tertiary/aromatic N) is 2. The van der Waals surface area contributed by atoms with Gasteiger partial charge in [-0.3, -0.25) is 4.90 Å². The molecule has 0 radical (unpaired) electrons. The Hall–Kier alpha value is -1.91. The Morgan fingerprint density at radius 1 is 0.958 bits per heavy atom. The Bertz CT molecular complexity index is 691. The van der Waals surface area contributed by atoms with Gasteiger partial charge >= 0.3 is 0 Å². The predicted octanol–water partition coefficient (Wildman–Crippen LogP) is 3.82. The van der Waals surface area contributed by atoms with Crippen LogP contribution in [0.1, 0.15) is 16.7 Å². The monoisotopic (exact) mass is 339 g/mol. The van der Waals surface area contributed by atoms with Gasteiger partial charge in [0.2, 0.25) is 0 Å². The molecule has 1 heterocycles. The molecule has 1 aliphatic heterocycles. The molecule has 0 bridgehead atoms. The molecule has 0 aromatic heterocycles. The molecule has 0 atom stereocenters. The third kappa shape index (κ3) is 4.34. The summed E-state index contributed by atoms with van der Waals surface area (Å²) >= 11 is 5.60. The SMILES string of the molecule is Cc1ccc(NC(=S)N2CCN(Cc3ccccc3)CC2)cc1C. The van der Waals surface area contributed by atoms with E-state index in [1.165, 1.54) is 16.7 Å². The highest BCUT2D eigenvalue weighted by atomic mass is 32.1. The highest BCUT2D eigenvalue weighted by molar-refractivity contribution is 7.80. The van der Waals surface area contributed by atoms with Crippen molar-refractivity contribution in [1.29, 1.82) is 0 Å². The van der Waals surface area contributed by atoms with Gasteiger partial charge in [-0.1, -0.05) is 36.4 Å². The van der Waals surface area contributed by atoms with E-state index in [1.54, 1.807) is 0 Å². The number of hydrogen-bond donors (Lipinski definition) is 1. The summed E-state index contributed by atoms with van der Waals surface area (Å²) in [5.74, 6) is 0. The highest BCUT2D eigenvalue weighted by Crippen LogP contribution is 2.15. The fourth-order valence-corrected chi connectivity index (χ4v) is 3.27. The fourth-order valence-electron chi connectivity index (χ4n) is 2.97. The summed E-state index contributed by atoms with van der Waals surface area (Å²) in [6, 6.07) is 17.1. The molecule has 0 unspecified atom stereocenters. The van der Waals surface area contributed by atoms with Crippen molar-refractivity contribution in [1.82, 2.24) is 9.80 Å².